The van der Waals surface area contributed by atoms with Crippen molar-refractivity contribution >= 4 is 22.4 Å². The number of ether oxygens (including phenoxy) is 2. The van der Waals surface area contributed by atoms with Crippen molar-refractivity contribution in [3.8, 4) is 11.5 Å². The molecule has 1 aliphatic rings. The topological polar surface area (TPSA) is 47.6 Å². The molecule has 0 fully saturated rings. The maximum Gasteiger partial charge on any atom is 0.225 e. The Morgan fingerprint density at radius 2 is 1.81 bits per heavy atom. The molecule has 0 saturated heterocycles. The van der Waals surface area contributed by atoms with Gasteiger partial charge in [0, 0.05) is 23.3 Å². The largest absolute Gasteiger partial charge is 0.493 e. The smallest absolute Gasteiger partial charge is 0.225 e. The van der Waals surface area contributed by atoms with Crippen molar-refractivity contribution in [1.29, 1.82) is 0 Å². The summed E-state index contributed by atoms with van der Waals surface area (Å²) in [4.78, 5) is 12.6. The standard InChI is InChI=1S/C23H23NO3/c1-14(2)27-23-18(9-6-10-20(23)26-3)19-13-21(25)24-22-16-8-5-4-7-15(16)11-12-17(19)22/h4-12,14,19H,13H2,1-3H3,(H,24,25). The number of carbonyl (C=O) groups excluding carboxylic acids is 1. The number of fused-ring (bicyclic) bond motifs is 3. The molecule has 0 aromatic heterocycles. The van der Waals surface area contributed by atoms with Gasteiger partial charge in [-0.3, -0.25) is 4.79 Å². The zero-order valence-corrected chi connectivity index (χ0v) is 15.8. The maximum atomic E-state index is 12.6. The van der Waals surface area contributed by atoms with E-state index in [-0.39, 0.29) is 17.9 Å². The number of hydrogen-bond donors (Lipinski definition) is 1. The molecule has 4 heteroatoms. The van der Waals surface area contributed by atoms with Gasteiger partial charge >= 0.3 is 0 Å². The lowest BCUT2D eigenvalue weighted by molar-refractivity contribution is -0.116. The third-order valence-corrected chi connectivity index (χ3v) is 4.95. The molecule has 1 aliphatic heterocycles. The molecule has 27 heavy (non-hydrogen) atoms. The minimum atomic E-state index is -0.0813. The van der Waals surface area contributed by atoms with Gasteiger partial charge < -0.3 is 14.8 Å². The Hall–Kier alpha value is -3.01. The van der Waals surface area contributed by atoms with Crippen LogP contribution in [-0.2, 0) is 4.79 Å². The summed E-state index contributed by atoms with van der Waals surface area (Å²) in [6.45, 7) is 3.98. The molecule has 1 unspecified atom stereocenters. The Morgan fingerprint density at radius 3 is 2.59 bits per heavy atom. The fourth-order valence-corrected chi connectivity index (χ4v) is 3.81. The van der Waals surface area contributed by atoms with Crippen LogP contribution in [0.2, 0.25) is 0 Å². The van der Waals surface area contributed by atoms with E-state index in [1.807, 2.05) is 50.2 Å². The first-order chi connectivity index (χ1) is 13.1. The van der Waals surface area contributed by atoms with Crippen LogP contribution in [0.3, 0.4) is 0 Å². The van der Waals surface area contributed by atoms with E-state index in [0.717, 1.165) is 27.6 Å². The molecule has 1 N–H and O–H groups in total. The summed E-state index contributed by atoms with van der Waals surface area (Å²) in [7, 11) is 1.64. The molecule has 0 radical (unpaired) electrons. The number of anilines is 1. The number of methoxy groups -OCH3 is 1. The van der Waals surface area contributed by atoms with Gasteiger partial charge in [0.1, 0.15) is 0 Å². The van der Waals surface area contributed by atoms with Crippen molar-refractivity contribution in [2.24, 2.45) is 0 Å². The van der Waals surface area contributed by atoms with Crippen molar-refractivity contribution in [2.75, 3.05) is 12.4 Å². The number of amides is 1. The highest BCUT2D eigenvalue weighted by molar-refractivity contribution is 6.06. The fraction of sp³-hybridized carbons (Fsp3) is 0.261. The van der Waals surface area contributed by atoms with Crippen molar-refractivity contribution < 1.29 is 14.3 Å². The lowest BCUT2D eigenvalue weighted by Crippen LogP contribution is -2.24. The Kier molecular flexibility index (Phi) is 4.48. The van der Waals surface area contributed by atoms with Crippen LogP contribution in [0.4, 0.5) is 5.69 Å². The fourth-order valence-electron chi connectivity index (χ4n) is 3.81. The number of benzene rings is 3. The van der Waals surface area contributed by atoms with Gasteiger partial charge in [0.15, 0.2) is 11.5 Å². The summed E-state index contributed by atoms with van der Waals surface area (Å²) < 4.78 is 11.6. The molecule has 0 aliphatic carbocycles. The van der Waals surface area contributed by atoms with Crippen molar-refractivity contribution in [1.82, 2.24) is 0 Å². The quantitative estimate of drug-likeness (QED) is 0.702. The second-order valence-corrected chi connectivity index (χ2v) is 7.10. The predicted molar refractivity (Wildman–Crippen MR) is 108 cm³/mol. The molecule has 0 spiro atoms. The lowest BCUT2D eigenvalue weighted by atomic mass is 9.82. The van der Waals surface area contributed by atoms with Gasteiger partial charge in [-0.05, 0) is 30.9 Å². The third kappa shape index (κ3) is 3.12. The molecular weight excluding hydrogens is 338 g/mol. The van der Waals surface area contributed by atoms with Crippen LogP contribution in [-0.4, -0.2) is 19.1 Å². The van der Waals surface area contributed by atoms with E-state index in [1.54, 1.807) is 7.11 Å². The Labute approximate surface area is 159 Å². The Bertz CT molecular complexity index is 1010. The van der Waals surface area contributed by atoms with Gasteiger partial charge in [0.25, 0.3) is 0 Å². The first kappa shape index (κ1) is 17.4. The summed E-state index contributed by atoms with van der Waals surface area (Å²) in [5.41, 5.74) is 2.98. The summed E-state index contributed by atoms with van der Waals surface area (Å²) in [5, 5.41) is 5.25. The number of hydrogen-bond acceptors (Lipinski definition) is 3. The van der Waals surface area contributed by atoms with E-state index in [1.165, 1.54) is 0 Å². The SMILES string of the molecule is COc1cccc(C2CC(=O)Nc3c2ccc2ccccc32)c1OC(C)C. The molecule has 1 atom stereocenters. The van der Waals surface area contributed by atoms with E-state index in [2.05, 4.69) is 23.5 Å². The van der Waals surface area contributed by atoms with Crippen LogP contribution in [0.15, 0.2) is 54.6 Å². The molecular formula is C23H23NO3. The van der Waals surface area contributed by atoms with Gasteiger partial charge in [-0.2, -0.15) is 0 Å². The number of para-hydroxylation sites is 1. The third-order valence-electron chi connectivity index (χ3n) is 4.95. The molecule has 4 rings (SSSR count). The number of nitrogens with one attached hydrogen (secondary N) is 1. The van der Waals surface area contributed by atoms with Gasteiger partial charge in [0.05, 0.1) is 18.9 Å². The van der Waals surface area contributed by atoms with E-state index >= 15 is 0 Å². The second kappa shape index (κ2) is 6.95. The summed E-state index contributed by atoms with van der Waals surface area (Å²) in [5.74, 6) is 1.34. The zero-order chi connectivity index (χ0) is 19.0. The minimum absolute atomic E-state index is 0.00791. The van der Waals surface area contributed by atoms with Crippen LogP contribution in [0.1, 0.15) is 37.3 Å². The molecule has 3 aromatic rings. The Morgan fingerprint density at radius 1 is 1.00 bits per heavy atom. The molecule has 138 valence electrons. The van der Waals surface area contributed by atoms with Gasteiger partial charge in [-0.15, -0.1) is 0 Å². The Balaban J connectivity index is 1.92. The maximum absolute atomic E-state index is 12.6. The van der Waals surface area contributed by atoms with Gasteiger partial charge in [-0.1, -0.05) is 48.5 Å². The molecule has 4 nitrogen and oxygen atoms in total. The monoisotopic (exact) mass is 361 g/mol. The summed E-state index contributed by atoms with van der Waals surface area (Å²) >= 11 is 0. The van der Waals surface area contributed by atoms with Crippen LogP contribution < -0.4 is 14.8 Å². The average molecular weight is 361 g/mol. The highest BCUT2D eigenvalue weighted by atomic mass is 16.5. The van der Waals surface area contributed by atoms with Crippen molar-refractivity contribution in [3.63, 3.8) is 0 Å². The van der Waals surface area contributed by atoms with Gasteiger partial charge in [-0.25, -0.2) is 0 Å². The lowest BCUT2D eigenvalue weighted by Gasteiger charge is -2.29. The van der Waals surface area contributed by atoms with E-state index in [0.29, 0.717) is 17.9 Å². The molecule has 1 amide bonds. The number of carbonyl (C=O) groups is 1. The first-order valence-corrected chi connectivity index (χ1v) is 9.23. The highest BCUT2D eigenvalue weighted by Crippen LogP contribution is 2.46. The predicted octanol–water partition coefficient (Wildman–Crippen LogP) is 5.11. The number of rotatable bonds is 4. The molecule has 3 aromatic carbocycles. The zero-order valence-electron chi connectivity index (χ0n) is 15.8. The minimum Gasteiger partial charge on any atom is -0.493 e. The normalized spacial score (nSPS) is 16.1. The van der Waals surface area contributed by atoms with Crippen LogP contribution in [0, 0.1) is 0 Å². The van der Waals surface area contributed by atoms with Crippen LogP contribution in [0.5, 0.6) is 11.5 Å². The molecule has 0 bridgehead atoms. The van der Waals surface area contributed by atoms with Gasteiger partial charge in [0.2, 0.25) is 5.91 Å². The second-order valence-electron chi connectivity index (χ2n) is 7.10. The van der Waals surface area contributed by atoms with Crippen LogP contribution in [0.25, 0.3) is 10.8 Å². The first-order valence-electron chi connectivity index (χ1n) is 9.23. The summed E-state index contributed by atoms with van der Waals surface area (Å²) in [6, 6.07) is 18.2. The van der Waals surface area contributed by atoms with E-state index in [4.69, 9.17) is 9.47 Å². The molecule has 0 saturated carbocycles. The van der Waals surface area contributed by atoms with E-state index in [9.17, 15) is 4.79 Å². The van der Waals surface area contributed by atoms with Crippen LogP contribution >= 0.6 is 0 Å². The van der Waals surface area contributed by atoms with Crippen molar-refractivity contribution in [2.45, 2.75) is 32.3 Å². The molecule has 1 heterocycles. The van der Waals surface area contributed by atoms with Crippen molar-refractivity contribution in [3.05, 3.63) is 65.7 Å². The average Bonchev–Trinajstić information content (AvgIpc) is 2.67. The van der Waals surface area contributed by atoms with E-state index < -0.39 is 0 Å². The highest BCUT2D eigenvalue weighted by Gasteiger charge is 2.31. The summed E-state index contributed by atoms with van der Waals surface area (Å²) in [6.07, 6.45) is 0.390.